The van der Waals surface area contributed by atoms with E-state index in [-0.39, 0.29) is 22.8 Å². The summed E-state index contributed by atoms with van der Waals surface area (Å²) in [5.41, 5.74) is 0.738. The summed E-state index contributed by atoms with van der Waals surface area (Å²) in [6.07, 6.45) is 6.25. The van der Waals surface area contributed by atoms with Gasteiger partial charge < -0.3 is 10.0 Å². The molecule has 1 unspecified atom stereocenters. The van der Waals surface area contributed by atoms with Crippen molar-refractivity contribution < 1.29 is 14.7 Å². The van der Waals surface area contributed by atoms with E-state index < -0.39 is 5.97 Å². The molecule has 3 rings (SSSR count). The van der Waals surface area contributed by atoms with Crippen LogP contribution in [-0.2, 0) is 0 Å². The van der Waals surface area contributed by atoms with Crippen molar-refractivity contribution in [3.05, 3.63) is 35.8 Å². The first kappa shape index (κ1) is 15.3. The molecule has 1 aliphatic heterocycles. The summed E-state index contributed by atoms with van der Waals surface area (Å²) in [7, 11) is 0. The number of anilines is 1. The number of carboxylic acids is 1. The number of pyridine rings is 1. The number of carbonyl (C=O) groups is 2. The molecule has 1 atom stereocenters. The number of hydrogen-bond donors (Lipinski definition) is 2. The summed E-state index contributed by atoms with van der Waals surface area (Å²) in [5.74, 6) is -1.21. The Hall–Kier alpha value is -2.55. The van der Waals surface area contributed by atoms with Crippen molar-refractivity contribution in [1.82, 2.24) is 19.5 Å². The second kappa shape index (κ2) is 6.69. The van der Waals surface area contributed by atoms with Crippen LogP contribution >= 0.6 is 11.5 Å². The lowest BCUT2D eigenvalue weighted by Gasteiger charge is -2.35. The Balaban J connectivity index is 1.79. The third-order valence-corrected chi connectivity index (χ3v) is 4.39. The quantitative estimate of drug-likeness (QED) is 0.893. The second-order valence-corrected chi connectivity index (χ2v) is 5.93. The Morgan fingerprint density at radius 3 is 3.00 bits per heavy atom. The molecule has 8 nitrogen and oxygen atoms in total. The van der Waals surface area contributed by atoms with Gasteiger partial charge in [0.05, 0.1) is 6.04 Å². The largest absolute Gasteiger partial charge is 0.476 e. The van der Waals surface area contributed by atoms with E-state index in [9.17, 15) is 9.59 Å². The molecule has 1 fully saturated rings. The van der Waals surface area contributed by atoms with Gasteiger partial charge in [-0.25, -0.2) is 9.59 Å². The molecular weight excluding hydrogens is 318 g/mol. The summed E-state index contributed by atoms with van der Waals surface area (Å²) >= 11 is 0.854. The van der Waals surface area contributed by atoms with E-state index >= 15 is 0 Å². The molecule has 2 amide bonds. The minimum Gasteiger partial charge on any atom is -0.476 e. The van der Waals surface area contributed by atoms with Gasteiger partial charge >= 0.3 is 12.0 Å². The van der Waals surface area contributed by atoms with Crippen LogP contribution in [0.15, 0.2) is 24.5 Å². The Morgan fingerprint density at radius 2 is 2.26 bits per heavy atom. The fourth-order valence-electron chi connectivity index (χ4n) is 2.68. The van der Waals surface area contributed by atoms with Crippen LogP contribution < -0.4 is 5.32 Å². The van der Waals surface area contributed by atoms with Gasteiger partial charge in [0, 0.05) is 30.5 Å². The second-order valence-electron chi connectivity index (χ2n) is 5.18. The Labute approximate surface area is 136 Å². The lowest BCUT2D eigenvalue weighted by molar-refractivity contribution is 0.0691. The number of nitrogens with zero attached hydrogens (tertiary/aromatic N) is 4. The van der Waals surface area contributed by atoms with Gasteiger partial charge in [0.25, 0.3) is 0 Å². The van der Waals surface area contributed by atoms with Crippen LogP contribution in [0.1, 0.15) is 41.4 Å². The molecule has 0 aromatic carbocycles. The van der Waals surface area contributed by atoms with Crippen molar-refractivity contribution in [3.8, 4) is 0 Å². The highest BCUT2D eigenvalue weighted by Gasteiger charge is 2.29. The molecule has 3 heterocycles. The zero-order valence-electron chi connectivity index (χ0n) is 12.2. The van der Waals surface area contributed by atoms with E-state index in [2.05, 4.69) is 19.9 Å². The van der Waals surface area contributed by atoms with Gasteiger partial charge in [-0.2, -0.15) is 0 Å². The van der Waals surface area contributed by atoms with E-state index in [0.29, 0.717) is 6.54 Å². The normalized spacial score (nSPS) is 17.7. The van der Waals surface area contributed by atoms with Crippen LogP contribution in [0.25, 0.3) is 0 Å². The van der Waals surface area contributed by atoms with Crippen molar-refractivity contribution in [1.29, 1.82) is 0 Å². The number of urea groups is 1. The van der Waals surface area contributed by atoms with Crippen molar-refractivity contribution in [3.63, 3.8) is 0 Å². The number of hydrogen-bond acceptors (Lipinski definition) is 6. The van der Waals surface area contributed by atoms with Crippen LogP contribution in [0.5, 0.6) is 0 Å². The van der Waals surface area contributed by atoms with Crippen molar-refractivity contribution in [2.24, 2.45) is 0 Å². The van der Waals surface area contributed by atoms with Crippen LogP contribution in [0.3, 0.4) is 0 Å². The smallest absolute Gasteiger partial charge is 0.359 e. The summed E-state index contributed by atoms with van der Waals surface area (Å²) in [4.78, 5) is 29.5. The van der Waals surface area contributed by atoms with Gasteiger partial charge in [0.1, 0.15) is 0 Å². The number of piperidine rings is 1. The highest BCUT2D eigenvalue weighted by Crippen LogP contribution is 2.31. The van der Waals surface area contributed by atoms with Gasteiger partial charge in [-0.3, -0.25) is 10.3 Å². The molecule has 9 heteroatoms. The molecule has 0 saturated carbocycles. The summed E-state index contributed by atoms with van der Waals surface area (Å²) in [6, 6.07) is 3.38. The molecule has 2 aromatic rings. The van der Waals surface area contributed by atoms with Crippen LogP contribution in [0.4, 0.5) is 9.80 Å². The molecule has 0 radical (unpaired) electrons. The number of likely N-dealkylation sites (tertiary alicyclic amines) is 1. The fourth-order valence-corrected chi connectivity index (χ4v) is 3.23. The topological polar surface area (TPSA) is 108 Å². The average Bonchev–Trinajstić information content (AvgIpc) is 3.04. The van der Waals surface area contributed by atoms with Crippen molar-refractivity contribution in [2.45, 2.75) is 25.3 Å². The minimum absolute atomic E-state index is 0.0633. The van der Waals surface area contributed by atoms with Crippen LogP contribution in [0.2, 0.25) is 0 Å². The van der Waals surface area contributed by atoms with Gasteiger partial charge in [-0.15, -0.1) is 5.10 Å². The zero-order valence-corrected chi connectivity index (χ0v) is 13.0. The maximum Gasteiger partial charge on any atom is 0.359 e. The number of rotatable bonds is 3. The first-order valence-electron chi connectivity index (χ1n) is 7.20. The van der Waals surface area contributed by atoms with Crippen LogP contribution in [0, 0.1) is 0 Å². The highest BCUT2D eigenvalue weighted by molar-refractivity contribution is 7.10. The first-order chi connectivity index (χ1) is 11.2. The van der Waals surface area contributed by atoms with E-state index in [1.165, 1.54) is 0 Å². The molecule has 120 valence electrons. The lowest BCUT2D eigenvalue weighted by Crippen LogP contribution is -2.41. The molecule has 0 aliphatic carbocycles. The zero-order chi connectivity index (χ0) is 16.2. The molecule has 2 aromatic heterocycles. The average molecular weight is 333 g/mol. The standard InChI is InChI=1S/C14H15N5O3S/c20-13(21)11-12(23-18-17-11)16-14(22)19-7-2-1-5-10(19)9-4-3-6-15-8-9/h3-4,6,8,10H,1-2,5,7H2,(H,16,22)(H,20,21). The van der Waals surface area contributed by atoms with E-state index in [0.717, 1.165) is 36.4 Å². The number of carboxylic acid groups (broad SMARTS) is 1. The molecule has 1 saturated heterocycles. The van der Waals surface area contributed by atoms with Gasteiger partial charge in [0.2, 0.25) is 5.69 Å². The number of aromatic carboxylic acids is 1. The highest BCUT2D eigenvalue weighted by atomic mass is 32.1. The number of amides is 2. The van der Waals surface area contributed by atoms with Crippen LogP contribution in [-0.4, -0.2) is 43.1 Å². The third kappa shape index (κ3) is 3.29. The molecule has 2 N–H and O–H groups in total. The molecule has 0 bridgehead atoms. The van der Waals surface area contributed by atoms with Crippen molar-refractivity contribution in [2.75, 3.05) is 11.9 Å². The Morgan fingerprint density at radius 1 is 1.39 bits per heavy atom. The minimum atomic E-state index is -1.21. The maximum absolute atomic E-state index is 12.6. The number of carbonyl (C=O) groups excluding carboxylic acids is 1. The maximum atomic E-state index is 12.6. The number of nitrogens with one attached hydrogen (secondary N) is 1. The van der Waals surface area contributed by atoms with Gasteiger partial charge in [0.15, 0.2) is 5.00 Å². The molecule has 0 spiro atoms. The predicted molar refractivity (Wildman–Crippen MR) is 83.4 cm³/mol. The van der Waals surface area contributed by atoms with Gasteiger partial charge in [-0.05, 0) is 30.9 Å². The summed E-state index contributed by atoms with van der Waals surface area (Å²) < 4.78 is 3.59. The molecule has 1 aliphatic rings. The third-order valence-electron chi connectivity index (χ3n) is 3.74. The Bertz CT molecular complexity index is 705. The van der Waals surface area contributed by atoms with E-state index in [1.807, 2.05) is 12.1 Å². The fraction of sp³-hybridized carbons (Fsp3) is 0.357. The van der Waals surface area contributed by atoms with Crippen molar-refractivity contribution >= 4 is 28.5 Å². The SMILES string of the molecule is O=C(O)c1nnsc1NC(=O)N1CCCCC1c1cccnc1. The molecular formula is C14H15N5O3S. The monoisotopic (exact) mass is 333 g/mol. The lowest BCUT2D eigenvalue weighted by atomic mass is 9.97. The number of aromatic nitrogens is 3. The predicted octanol–water partition coefficient (Wildman–Crippen LogP) is 2.39. The Kier molecular flexibility index (Phi) is 4.47. The van der Waals surface area contributed by atoms with E-state index in [1.54, 1.807) is 17.3 Å². The summed E-state index contributed by atoms with van der Waals surface area (Å²) in [5, 5.41) is 15.3. The first-order valence-corrected chi connectivity index (χ1v) is 7.97. The molecule has 23 heavy (non-hydrogen) atoms. The summed E-state index contributed by atoms with van der Waals surface area (Å²) in [6.45, 7) is 0.611. The van der Waals surface area contributed by atoms with Gasteiger partial charge in [-0.1, -0.05) is 10.6 Å². The van der Waals surface area contributed by atoms with E-state index in [4.69, 9.17) is 5.11 Å².